The Balaban J connectivity index is 1.45. The third-order valence-corrected chi connectivity index (χ3v) is 7.72. The molecule has 1 saturated carbocycles. The number of amides is 2. The fourth-order valence-electron chi connectivity index (χ4n) is 4.76. The van der Waals surface area contributed by atoms with Gasteiger partial charge in [0.25, 0.3) is 5.91 Å². The van der Waals surface area contributed by atoms with Crippen LogP contribution < -0.4 is 15.8 Å². The highest BCUT2D eigenvalue weighted by Gasteiger charge is 2.37. The number of rotatable bonds is 5. The molecule has 2 amide bonds. The summed E-state index contributed by atoms with van der Waals surface area (Å²) in [4.78, 5) is 45.8. The third-order valence-electron chi connectivity index (χ3n) is 6.98. The summed E-state index contributed by atoms with van der Waals surface area (Å²) in [5, 5.41) is 4.60. The molecule has 0 spiro atoms. The predicted molar refractivity (Wildman–Crippen MR) is 138 cm³/mol. The first-order valence-electron chi connectivity index (χ1n) is 11.8. The van der Waals surface area contributed by atoms with E-state index in [0.717, 1.165) is 18.5 Å². The Morgan fingerprint density at radius 2 is 1.83 bits per heavy atom. The van der Waals surface area contributed by atoms with E-state index in [0.29, 0.717) is 58.6 Å². The standard InChI is InChI=1S/C26H26Cl2N4O3/c27-20-9-8-17(12-21(20)28)31-10-11-32(23(15-31)25(34)29-14-16-4-3-5-16)26(35)19-13-24(33)30-22-7-2-1-6-18(19)22/h1-2,6-9,12-13,16,23H,3-5,10-11,14-15H2,(H,29,34)(H,30,33). The van der Waals surface area contributed by atoms with Crippen molar-refractivity contribution in [2.75, 3.05) is 31.1 Å². The maximum absolute atomic E-state index is 13.8. The van der Waals surface area contributed by atoms with Gasteiger partial charge in [0.1, 0.15) is 6.04 Å². The molecular weight excluding hydrogens is 487 g/mol. The van der Waals surface area contributed by atoms with E-state index in [1.165, 1.54) is 12.5 Å². The molecule has 1 atom stereocenters. The lowest BCUT2D eigenvalue weighted by atomic mass is 9.85. The Morgan fingerprint density at radius 3 is 2.57 bits per heavy atom. The zero-order valence-corrected chi connectivity index (χ0v) is 20.6. The van der Waals surface area contributed by atoms with E-state index < -0.39 is 6.04 Å². The molecule has 1 aromatic heterocycles. The lowest BCUT2D eigenvalue weighted by Gasteiger charge is -2.42. The van der Waals surface area contributed by atoms with Gasteiger partial charge in [-0.05, 0) is 43.0 Å². The number of aromatic amines is 1. The molecule has 1 unspecified atom stereocenters. The Kier molecular flexibility index (Phi) is 6.71. The SMILES string of the molecule is O=C(NCC1CCC1)C1CN(c2ccc(Cl)c(Cl)c2)CCN1C(=O)c1cc(=O)[nH]c2ccccc12. The summed E-state index contributed by atoms with van der Waals surface area (Å²) >= 11 is 12.3. The molecule has 2 aromatic carbocycles. The van der Waals surface area contributed by atoms with Gasteiger partial charge in [0.15, 0.2) is 0 Å². The summed E-state index contributed by atoms with van der Waals surface area (Å²) in [5.74, 6) is -0.0245. The first-order chi connectivity index (χ1) is 16.9. The van der Waals surface area contributed by atoms with Crippen molar-refractivity contribution < 1.29 is 9.59 Å². The fraction of sp³-hybridized carbons (Fsp3) is 0.346. The molecule has 2 fully saturated rings. The van der Waals surface area contributed by atoms with Crippen molar-refractivity contribution in [1.29, 1.82) is 0 Å². The average molecular weight is 513 g/mol. The molecule has 3 aromatic rings. The van der Waals surface area contributed by atoms with Gasteiger partial charge in [0, 0.05) is 48.8 Å². The topological polar surface area (TPSA) is 85.5 Å². The number of fused-ring (bicyclic) bond motifs is 1. The van der Waals surface area contributed by atoms with Crippen LogP contribution in [0.4, 0.5) is 5.69 Å². The summed E-state index contributed by atoms with van der Waals surface area (Å²) < 4.78 is 0. The van der Waals surface area contributed by atoms with Crippen molar-refractivity contribution in [2.45, 2.75) is 25.3 Å². The van der Waals surface area contributed by atoms with E-state index in [-0.39, 0.29) is 17.4 Å². The lowest BCUT2D eigenvalue weighted by Crippen LogP contribution is -2.61. The summed E-state index contributed by atoms with van der Waals surface area (Å²) in [6.07, 6.45) is 3.42. The molecule has 1 aliphatic carbocycles. The number of hydrogen-bond donors (Lipinski definition) is 2. The number of halogens is 2. The fourth-order valence-corrected chi connectivity index (χ4v) is 5.05. The van der Waals surface area contributed by atoms with Crippen molar-refractivity contribution in [1.82, 2.24) is 15.2 Å². The molecule has 9 heteroatoms. The lowest BCUT2D eigenvalue weighted by molar-refractivity contribution is -0.126. The minimum atomic E-state index is -0.719. The van der Waals surface area contributed by atoms with E-state index in [4.69, 9.17) is 23.2 Å². The zero-order chi connectivity index (χ0) is 24.5. The van der Waals surface area contributed by atoms with Crippen LogP contribution in [0.5, 0.6) is 0 Å². The van der Waals surface area contributed by atoms with Gasteiger partial charge in [-0.25, -0.2) is 0 Å². The smallest absolute Gasteiger partial charge is 0.255 e. The number of H-pyrrole nitrogens is 1. The monoisotopic (exact) mass is 512 g/mol. The van der Waals surface area contributed by atoms with Crippen LogP contribution in [-0.2, 0) is 4.79 Å². The number of benzene rings is 2. The number of nitrogens with zero attached hydrogens (tertiary/aromatic N) is 2. The number of aromatic nitrogens is 1. The van der Waals surface area contributed by atoms with Gasteiger partial charge in [-0.2, -0.15) is 0 Å². The minimum Gasteiger partial charge on any atom is -0.367 e. The second-order valence-corrected chi connectivity index (χ2v) is 10.0. The van der Waals surface area contributed by atoms with Crippen molar-refractivity contribution in [2.24, 2.45) is 5.92 Å². The van der Waals surface area contributed by atoms with Crippen LogP contribution in [0.25, 0.3) is 10.9 Å². The van der Waals surface area contributed by atoms with Gasteiger partial charge in [-0.15, -0.1) is 0 Å². The van der Waals surface area contributed by atoms with Gasteiger partial charge < -0.3 is 20.1 Å². The van der Waals surface area contributed by atoms with Crippen molar-refractivity contribution in [3.63, 3.8) is 0 Å². The number of carbonyl (C=O) groups is 2. The summed E-state index contributed by atoms with van der Waals surface area (Å²) in [6, 6.07) is 13.2. The molecule has 5 rings (SSSR count). The molecule has 0 bridgehead atoms. The number of pyridine rings is 1. The Hall–Kier alpha value is -3.03. The van der Waals surface area contributed by atoms with Crippen molar-refractivity contribution in [3.8, 4) is 0 Å². The van der Waals surface area contributed by atoms with Crippen molar-refractivity contribution >= 4 is 51.6 Å². The largest absolute Gasteiger partial charge is 0.367 e. The molecule has 7 nitrogen and oxygen atoms in total. The molecule has 182 valence electrons. The number of nitrogens with one attached hydrogen (secondary N) is 2. The van der Waals surface area contributed by atoms with Crippen LogP contribution in [0.15, 0.2) is 53.3 Å². The minimum absolute atomic E-state index is 0.191. The third kappa shape index (κ3) is 4.88. The quantitative estimate of drug-likeness (QED) is 0.539. The molecule has 0 radical (unpaired) electrons. The molecule has 2 heterocycles. The van der Waals surface area contributed by atoms with Gasteiger partial charge in [-0.3, -0.25) is 14.4 Å². The number of para-hydroxylation sites is 1. The predicted octanol–water partition coefficient (Wildman–Crippen LogP) is 4.08. The summed E-state index contributed by atoms with van der Waals surface area (Å²) in [5.41, 5.74) is 1.37. The van der Waals surface area contributed by atoms with E-state index in [9.17, 15) is 14.4 Å². The first-order valence-corrected chi connectivity index (χ1v) is 12.6. The Bertz CT molecular complexity index is 1340. The van der Waals surface area contributed by atoms with E-state index >= 15 is 0 Å². The highest BCUT2D eigenvalue weighted by molar-refractivity contribution is 6.42. The van der Waals surface area contributed by atoms with Crippen LogP contribution >= 0.6 is 23.2 Å². The Labute approximate surface area is 213 Å². The molecule has 1 saturated heterocycles. The van der Waals surface area contributed by atoms with Crippen LogP contribution in [0, 0.1) is 5.92 Å². The molecule has 35 heavy (non-hydrogen) atoms. The van der Waals surface area contributed by atoms with Gasteiger partial charge in [-0.1, -0.05) is 47.8 Å². The highest BCUT2D eigenvalue weighted by atomic mass is 35.5. The maximum Gasteiger partial charge on any atom is 0.255 e. The molecule has 2 N–H and O–H groups in total. The van der Waals surface area contributed by atoms with Crippen molar-refractivity contribution in [3.05, 3.63) is 74.5 Å². The number of hydrogen-bond acceptors (Lipinski definition) is 4. The van der Waals surface area contributed by atoms with Gasteiger partial charge in [0.2, 0.25) is 11.5 Å². The van der Waals surface area contributed by atoms with Crippen LogP contribution in [-0.4, -0.2) is 53.9 Å². The summed E-state index contributed by atoms with van der Waals surface area (Å²) in [6.45, 7) is 1.75. The summed E-state index contributed by atoms with van der Waals surface area (Å²) in [7, 11) is 0. The van der Waals surface area contributed by atoms with Crippen LogP contribution in [0.3, 0.4) is 0 Å². The average Bonchev–Trinajstić information content (AvgIpc) is 2.83. The zero-order valence-electron chi connectivity index (χ0n) is 19.1. The number of carbonyl (C=O) groups excluding carboxylic acids is 2. The van der Waals surface area contributed by atoms with Crippen LogP contribution in [0.1, 0.15) is 29.6 Å². The normalized spacial score (nSPS) is 18.4. The first kappa shape index (κ1) is 23.7. The van der Waals surface area contributed by atoms with E-state index in [1.54, 1.807) is 35.2 Å². The second kappa shape index (κ2) is 9.91. The van der Waals surface area contributed by atoms with E-state index in [1.807, 2.05) is 17.0 Å². The van der Waals surface area contributed by atoms with Crippen LogP contribution in [0.2, 0.25) is 10.0 Å². The number of piperazine rings is 1. The molecule has 2 aliphatic rings. The van der Waals surface area contributed by atoms with E-state index in [2.05, 4.69) is 10.3 Å². The Morgan fingerprint density at radius 1 is 1.03 bits per heavy atom. The van der Waals surface area contributed by atoms with Gasteiger partial charge in [0.05, 0.1) is 15.6 Å². The molecule has 1 aliphatic heterocycles. The maximum atomic E-state index is 13.8. The second-order valence-electron chi connectivity index (χ2n) is 9.19. The molecular formula is C26H26Cl2N4O3. The highest BCUT2D eigenvalue weighted by Crippen LogP contribution is 2.30. The van der Waals surface area contributed by atoms with Gasteiger partial charge >= 0.3 is 0 Å². The number of anilines is 1.